The summed E-state index contributed by atoms with van der Waals surface area (Å²) < 4.78 is 16.0. The normalized spacial score (nSPS) is 15.1. The summed E-state index contributed by atoms with van der Waals surface area (Å²) in [4.78, 5) is 27.9. The SMILES string of the molecule is COc1cc(OC)c2cc(C(=O)C=Cc3cc4c5c(c3)CCCN5CCC4)c(=O)oc2c1. The Morgan fingerprint density at radius 3 is 2.38 bits per heavy atom. The van der Waals surface area contributed by atoms with Gasteiger partial charge in [0.25, 0.3) is 0 Å². The molecule has 5 rings (SSSR count). The van der Waals surface area contributed by atoms with Gasteiger partial charge in [0.05, 0.1) is 19.6 Å². The smallest absolute Gasteiger partial charge is 0.347 e. The molecule has 0 bridgehead atoms. The van der Waals surface area contributed by atoms with E-state index in [0.717, 1.165) is 44.3 Å². The minimum absolute atomic E-state index is 0.0253. The van der Waals surface area contributed by atoms with E-state index in [0.29, 0.717) is 22.5 Å². The minimum Gasteiger partial charge on any atom is -0.496 e. The molecule has 2 aromatic carbocycles. The van der Waals surface area contributed by atoms with Crippen molar-refractivity contribution in [3.63, 3.8) is 0 Å². The number of nitrogens with zero attached hydrogens (tertiary/aromatic N) is 1. The molecule has 0 saturated carbocycles. The van der Waals surface area contributed by atoms with Crippen molar-refractivity contribution in [2.45, 2.75) is 25.7 Å². The van der Waals surface area contributed by atoms with E-state index in [1.54, 1.807) is 18.2 Å². The molecule has 0 saturated heterocycles. The number of fused-ring (bicyclic) bond motifs is 1. The van der Waals surface area contributed by atoms with Crippen LogP contribution in [0.3, 0.4) is 0 Å². The zero-order valence-electron chi connectivity index (χ0n) is 18.3. The largest absolute Gasteiger partial charge is 0.496 e. The summed E-state index contributed by atoms with van der Waals surface area (Å²) in [6.45, 7) is 2.25. The third-order valence-electron chi connectivity index (χ3n) is 6.29. The molecule has 0 amide bonds. The van der Waals surface area contributed by atoms with Crippen LogP contribution in [0.5, 0.6) is 11.5 Å². The Bertz CT molecular complexity index is 1270. The van der Waals surface area contributed by atoms with Gasteiger partial charge in [-0.3, -0.25) is 4.79 Å². The zero-order valence-corrected chi connectivity index (χ0v) is 18.3. The van der Waals surface area contributed by atoms with E-state index in [1.165, 1.54) is 43.2 Å². The first-order chi connectivity index (χ1) is 15.6. The zero-order chi connectivity index (χ0) is 22.2. The van der Waals surface area contributed by atoms with Crippen LogP contribution in [0.4, 0.5) is 5.69 Å². The molecule has 0 fully saturated rings. The summed E-state index contributed by atoms with van der Waals surface area (Å²) >= 11 is 0. The molecule has 6 nitrogen and oxygen atoms in total. The minimum atomic E-state index is -0.682. The number of aryl methyl sites for hydroxylation is 2. The first kappa shape index (κ1) is 20.4. The van der Waals surface area contributed by atoms with E-state index in [1.807, 2.05) is 0 Å². The van der Waals surface area contributed by atoms with Crippen LogP contribution in [-0.2, 0) is 12.8 Å². The van der Waals surface area contributed by atoms with Crippen molar-refractivity contribution in [3.05, 3.63) is 69.1 Å². The lowest BCUT2D eigenvalue weighted by atomic mass is 9.90. The van der Waals surface area contributed by atoms with Crippen LogP contribution in [0.15, 0.2) is 45.6 Å². The molecule has 3 aromatic rings. The van der Waals surface area contributed by atoms with Gasteiger partial charge in [0.1, 0.15) is 22.6 Å². The lowest BCUT2D eigenvalue weighted by molar-refractivity contribution is 0.104. The average Bonchev–Trinajstić information content (AvgIpc) is 2.81. The fourth-order valence-corrected chi connectivity index (χ4v) is 4.81. The Morgan fingerprint density at radius 2 is 1.72 bits per heavy atom. The number of anilines is 1. The van der Waals surface area contributed by atoms with Crippen LogP contribution < -0.4 is 20.0 Å². The van der Waals surface area contributed by atoms with Crippen LogP contribution in [0.25, 0.3) is 17.0 Å². The number of benzene rings is 2. The first-order valence-electron chi connectivity index (χ1n) is 10.9. The first-order valence-corrected chi connectivity index (χ1v) is 10.9. The monoisotopic (exact) mass is 431 g/mol. The highest BCUT2D eigenvalue weighted by atomic mass is 16.5. The second-order valence-electron chi connectivity index (χ2n) is 8.27. The third-order valence-corrected chi connectivity index (χ3v) is 6.29. The highest BCUT2D eigenvalue weighted by Gasteiger charge is 2.24. The molecule has 2 aliphatic heterocycles. The molecule has 1 aromatic heterocycles. The van der Waals surface area contributed by atoms with Gasteiger partial charge in [-0.15, -0.1) is 0 Å². The molecule has 0 aliphatic carbocycles. The topological polar surface area (TPSA) is 69.0 Å². The fourth-order valence-electron chi connectivity index (χ4n) is 4.81. The second-order valence-corrected chi connectivity index (χ2v) is 8.27. The fraction of sp³-hybridized carbons (Fsp3) is 0.308. The molecule has 0 N–H and O–H groups in total. The van der Waals surface area contributed by atoms with Gasteiger partial charge in [0, 0.05) is 30.9 Å². The number of carbonyl (C=O) groups is 1. The standard InChI is InChI=1S/C26H25NO5/c1-30-19-13-23(31-2)21-15-20(26(29)32-24(21)14-19)22(28)8-7-16-11-17-5-3-9-27-10-4-6-18(12-16)25(17)27/h7-8,11-15H,3-6,9-10H2,1-2H3. The van der Waals surface area contributed by atoms with E-state index < -0.39 is 11.4 Å². The summed E-state index contributed by atoms with van der Waals surface area (Å²) in [7, 11) is 3.04. The molecular weight excluding hydrogens is 406 g/mol. The van der Waals surface area contributed by atoms with Gasteiger partial charge in [0.15, 0.2) is 5.78 Å². The number of hydrogen-bond donors (Lipinski definition) is 0. The van der Waals surface area contributed by atoms with Crippen molar-refractivity contribution in [1.82, 2.24) is 0 Å². The van der Waals surface area contributed by atoms with Crippen molar-refractivity contribution in [2.75, 3.05) is 32.2 Å². The number of hydrogen-bond acceptors (Lipinski definition) is 6. The summed E-state index contributed by atoms with van der Waals surface area (Å²) in [5, 5.41) is 0.544. The van der Waals surface area contributed by atoms with E-state index >= 15 is 0 Å². The molecular formula is C26H25NO5. The van der Waals surface area contributed by atoms with Gasteiger partial charge in [-0.25, -0.2) is 4.79 Å². The van der Waals surface area contributed by atoms with Gasteiger partial charge in [-0.2, -0.15) is 0 Å². The van der Waals surface area contributed by atoms with Crippen LogP contribution in [0.1, 0.15) is 39.9 Å². The molecule has 164 valence electrons. The quantitative estimate of drug-likeness (QED) is 0.339. The maximum Gasteiger partial charge on any atom is 0.347 e. The van der Waals surface area contributed by atoms with Gasteiger partial charge in [0.2, 0.25) is 0 Å². The highest BCUT2D eigenvalue weighted by molar-refractivity contribution is 6.08. The third kappa shape index (κ3) is 3.55. The second kappa shape index (κ2) is 8.19. The molecule has 6 heteroatoms. The molecule has 0 spiro atoms. The van der Waals surface area contributed by atoms with E-state index in [-0.39, 0.29) is 5.56 Å². The average molecular weight is 431 g/mol. The van der Waals surface area contributed by atoms with Crippen molar-refractivity contribution in [1.29, 1.82) is 0 Å². The molecule has 32 heavy (non-hydrogen) atoms. The summed E-state index contributed by atoms with van der Waals surface area (Å²) in [6.07, 6.45) is 7.68. The van der Waals surface area contributed by atoms with Crippen molar-refractivity contribution >= 4 is 28.5 Å². The predicted molar refractivity (Wildman–Crippen MR) is 124 cm³/mol. The van der Waals surface area contributed by atoms with Crippen molar-refractivity contribution in [2.24, 2.45) is 0 Å². The molecule has 3 heterocycles. The van der Waals surface area contributed by atoms with Gasteiger partial charge < -0.3 is 18.8 Å². The van der Waals surface area contributed by atoms with Crippen molar-refractivity contribution < 1.29 is 18.7 Å². The summed E-state index contributed by atoms with van der Waals surface area (Å²) in [5.41, 5.74) is 4.69. The van der Waals surface area contributed by atoms with Crippen LogP contribution >= 0.6 is 0 Å². The van der Waals surface area contributed by atoms with Gasteiger partial charge in [-0.05, 0) is 66.6 Å². The highest BCUT2D eigenvalue weighted by Crippen LogP contribution is 2.36. The maximum atomic E-state index is 12.9. The Kier molecular flexibility index (Phi) is 5.21. The Morgan fingerprint density at radius 1 is 1.00 bits per heavy atom. The lowest BCUT2D eigenvalue weighted by Crippen LogP contribution is -2.34. The number of ketones is 1. The number of methoxy groups -OCH3 is 2. The van der Waals surface area contributed by atoms with Crippen LogP contribution in [0.2, 0.25) is 0 Å². The van der Waals surface area contributed by atoms with Gasteiger partial charge >= 0.3 is 5.63 Å². The van der Waals surface area contributed by atoms with Crippen LogP contribution in [-0.4, -0.2) is 33.1 Å². The number of ether oxygens (including phenoxy) is 2. The maximum absolute atomic E-state index is 12.9. The van der Waals surface area contributed by atoms with E-state index in [9.17, 15) is 9.59 Å². The Balaban J connectivity index is 1.49. The van der Waals surface area contributed by atoms with E-state index in [4.69, 9.17) is 13.9 Å². The van der Waals surface area contributed by atoms with Gasteiger partial charge in [-0.1, -0.05) is 6.08 Å². The number of rotatable bonds is 5. The number of allylic oxidation sites excluding steroid dienone is 1. The number of carbonyl (C=O) groups excluding carboxylic acids is 1. The van der Waals surface area contributed by atoms with Crippen molar-refractivity contribution in [3.8, 4) is 11.5 Å². The molecule has 2 aliphatic rings. The summed E-state index contributed by atoms with van der Waals surface area (Å²) in [6, 6.07) is 9.15. The Labute approximate surface area is 186 Å². The van der Waals surface area contributed by atoms with Crippen LogP contribution in [0, 0.1) is 0 Å². The predicted octanol–water partition coefficient (Wildman–Crippen LogP) is 4.41. The molecule has 0 atom stereocenters. The summed E-state index contributed by atoms with van der Waals surface area (Å²) in [5.74, 6) is 0.581. The molecule has 0 radical (unpaired) electrons. The molecule has 0 unspecified atom stereocenters. The lowest BCUT2D eigenvalue weighted by Gasteiger charge is -2.37. The van der Waals surface area contributed by atoms with E-state index in [2.05, 4.69) is 17.0 Å². The Hall–Kier alpha value is -3.54.